The van der Waals surface area contributed by atoms with Crippen molar-refractivity contribution in [2.24, 2.45) is 5.73 Å². The van der Waals surface area contributed by atoms with E-state index in [2.05, 4.69) is 22.1 Å². The molecule has 2 aromatic carbocycles. The lowest BCUT2D eigenvalue weighted by Gasteiger charge is -2.23. The van der Waals surface area contributed by atoms with E-state index in [0.29, 0.717) is 23.0 Å². The summed E-state index contributed by atoms with van der Waals surface area (Å²) >= 11 is 0. The quantitative estimate of drug-likeness (QED) is 0.566. The van der Waals surface area contributed by atoms with Crippen LogP contribution in [-0.2, 0) is 14.6 Å². The second kappa shape index (κ2) is 7.72. The van der Waals surface area contributed by atoms with Gasteiger partial charge in [0.15, 0.2) is 5.44 Å². The molecule has 1 aliphatic heterocycles. The summed E-state index contributed by atoms with van der Waals surface area (Å²) in [7, 11) is -3.97. The summed E-state index contributed by atoms with van der Waals surface area (Å²) in [6.07, 6.45) is 0. The van der Waals surface area contributed by atoms with Crippen molar-refractivity contribution < 1.29 is 17.9 Å². The smallest absolute Gasteiger partial charge is 0.266 e. The first kappa shape index (κ1) is 19.2. The molecule has 1 atom stereocenters. The zero-order valence-electron chi connectivity index (χ0n) is 15.4. The minimum absolute atomic E-state index is 0.140. The van der Waals surface area contributed by atoms with Crippen LogP contribution in [0.4, 0.5) is 0 Å². The molecule has 148 valence electrons. The number of carbonyl (C=O) groups excluding carboxylic acids is 1. The van der Waals surface area contributed by atoms with Crippen molar-refractivity contribution in [1.29, 1.82) is 0 Å². The summed E-state index contributed by atoms with van der Waals surface area (Å²) in [6.45, 7) is 0.981. The van der Waals surface area contributed by atoms with Crippen LogP contribution in [-0.4, -0.2) is 44.4 Å². The molecule has 3 aromatic rings. The minimum Gasteiger partial charge on any atom is -0.364 e. The van der Waals surface area contributed by atoms with Gasteiger partial charge in [0.1, 0.15) is 10.6 Å². The molecule has 29 heavy (non-hydrogen) atoms. The molecule has 1 unspecified atom stereocenters. The molecule has 0 radical (unpaired) electrons. The summed E-state index contributed by atoms with van der Waals surface area (Å²) in [6, 6.07) is 14.6. The van der Waals surface area contributed by atoms with Gasteiger partial charge in [-0.2, -0.15) is 0 Å². The van der Waals surface area contributed by atoms with Crippen molar-refractivity contribution in [3.05, 3.63) is 65.4 Å². The van der Waals surface area contributed by atoms with Gasteiger partial charge in [-0.15, -0.1) is 0 Å². The number of rotatable bonds is 3. The SMILES string of the molecule is NC(=O)c1[nH]c2ccc(C#Cc3ccccc3)cc2c1S(=O)(=O)C1CNCCO1. The largest absolute Gasteiger partial charge is 0.364 e. The normalized spacial score (nSPS) is 16.9. The van der Waals surface area contributed by atoms with Crippen LogP contribution in [0.5, 0.6) is 0 Å². The third kappa shape index (κ3) is 3.76. The molecule has 0 aliphatic carbocycles. The van der Waals surface area contributed by atoms with Crippen molar-refractivity contribution in [2.75, 3.05) is 19.7 Å². The molecule has 1 fully saturated rings. The molecule has 4 rings (SSSR count). The van der Waals surface area contributed by atoms with E-state index in [4.69, 9.17) is 10.5 Å². The van der Waals surface area contributed by atoms with E-state index in [1.165, 1.54) is 0 Å². The van der Waals surface area contributed by atoms with Gasteiger partial charge in [0.05, 0.1) is 6.61 Å². The van der Waals surface area contributed by atoms with E-state index in [-0.39, 0.29) is 23.7 Å². The Morgan fingerprint density at radius 2 is 1.86 bits per heavy atom. The van der Waals surface area contributed by atoms with Gasteiger partial charge in [0.25, 0.3) is 5.91 Å². The highest BCUT2D eigenvalue weighted by Crippen LogP contribution is 2.31. The number of H-pyrrole nitrogens is 1. The Bertz CT molecular complexity index is 1230. The van der Waals surface area contributed by atoms with Gasteiger partial charge in [0, 0.05) is 35.1 Å². The fourth-order valence-corrected chi connectivity index (χ4v) is 5.04. The molecule has 4 N–H and O–H groups in total. The molecule has 1 aromatic heterocycles. The summed E-state index contributed by atoms with van der Waals surface area (Å²) in [4.78, 5) is 14.6. The standard InChI is InChI=1S/C21H19N3O4S/c22-21(25)19-20(29(26,27)18-13-23-10-11-28-18)16-12-15(8-9-17(16)24-19)7-6-14-4-2-1-3-5-14/h1-5,8-9,12,18,23-24H,10-11,13H2,(H2,22,25). The van der Waals surface area contributed by atoms with Crippen LogP contribution in [0.3, 0.4) is 0 Å². The predicted molar refractivity (Wildman–Crippen MR) is 109 cm³/mol. The Labute approximate surface area is 168 Å². The highest BCUT2D eigenvalue weighted by atomic mass is 32.2. The maximum Gasteiger partial charge on any atom is 0.266 e. The average molecular weight is 409 g/mol. The van der Waals surface area contributed by atoms with Crippen molar-refractivity contribution in [1.82, 2.24) is 10.3 Å². The van der Waals surface area contributed by atoms with Crippen LogP contribution >= 0.6 is 0 Å². The lowest BCUT2D eigenvalue weighted by Crippen LogP contribution is -2.43. The summed E-state index contributed by atoms with van der Waals surface area (Å²) in [5.74, 6) is 5.23. The molecular formula is C21H19N3O4S. The van der Waals surface area contributed by atoms with Gasteiger partial charge in [-0.25, -0.2) is 8.42 Å². The number of morpholine rings is 1. The average Bonchev–Trinajstić information content (AvgIpc) is 3.14. The molecule has 1 aliphatic rings. The topological polar surface area (TPSA) is 114 Å². The molecule has 0 saturated carbocycles. The Morgan fingerprint density at radius 1 is 1.10 bits per heavy atom. The van der Waals surface area contributed by atoms with E-state index < -0.39 is 21.2 Å². The van der Waals surface area contributed by atoms with E-state index in [9.17, 15) is 13.2 Å². The molecule has 0 spiro atoms. The number of amides is 1. The number of primary amides is 1. The third-order valence-corrected chi connectivity index (χ3v) is 6.63. The molecule has 7 nitrogen and oxygen atoms in total. The van der Waals surface area contributed by atoms with Crippen molar-refractivity contribution in [2.45, 2.75) is 10.3 Å². The van der Waals surface area contributed by atoms with Crippen molar-refractivity contribution >= 4 is 26.6 Å². The number of aromatic amines is 1. The molecular weight excluding hydrogens is 390 g/mol. The Balaban J connectivity index is 1.85. The summed E-state index contributed by atoms with van der Waals surface area (Å²) < 4.78 is 31.9. The predicted octanol–water partition coefficient (Wildman–Crippen LogP) is 1.39. The molecule has 2 heterocycles. The van der Waals surface area contributed by atoms with Gasteiger partial charge >= 0.3 is 0 Å². The second-order valence-electron chi connectivity index (χ2n) is 6.62. The summed E-state index contributed by atoms with van der Waals surface area (Å²) in [5, 5.41) is 3.36. The monoisotopic (exact) mass is 409 g/mol. The maximum absolute atomic E-state index is 13.2. The number of hydrogen-bond acceptors (Lipinski definition) is 5. The summed E-state index contributed by atoms with van der Waals surface area (Å²) in [5.41, 5.74) is 6.17. The molecule has 8 heteroatoms. The Kier molecular flexibility index (Phi) is 5.11. The fraction of sp³-hybridized carbons (Fsp3) is 0.190. The van der Waals surface area contributed by atoms with Crippen LogP contribution in [0.2, 0.25) is 0 Å². The molecule has 1 amide bonds. The first-order valence-corrected chi connectivity index (χ1v) is 10.6. The fourth-order valence-electron chi connectivity index (χ4n) is 3.25. The van der Waals surface area contributed by atoms with Gasteiger partial charge in [-0.3, -0.25) is 4.79 Å². The number of nitrogens with one attached hydrogen (secondary N) is 2. The number of ether oxygens (including phenoxy) is 1. The van der Waals surface area contributed by atoms with Crippen LogP contribution in [0.15, 0.2) is 53.4 Å². The van der Waals surface area contributed by atoms with E-state index in [0.717, 1.165) is 5.56 Å². The number of fused-ring (bicyclic) bond motifs is 1. The third-order valence-electron chi connectivity index (χ3n) is 4.65. The van der Waals surface area contributed by atoms with Crippen LogP contribution in [0.1, 0.15) is 21.6 Å². The van der Waals surface area contributed by atoms with Crippen LogP contribution in [0, 0.1) is 11.8 Å². The number of nitrogens with two attached hydrogens (primary N) is 1. The second-order valence-corrected chi connectivity index (χ2v) is 8.64. The molecule has 1 saturated heterocycles. The number of hydrogen-bond donors (Lipinski definition) is 3. The minimum atomic E-state index is -3.97. The Morgan fingerprint density at radius 3 is 2.55 bits per heavy atom. The zero-order chi connectivity index (χ0) is 20.4. The van der Waals surface area contributed by atoms with Crippen molar-refractivity contribution in [3.63, 3.8) is 0 Å². The highest BCUT2D eigenvalue weighted by Gasteiger charge is 2.36. The number of aromatic nitrogens is 1. The number of sulfone groups is 1. The lowest BCUT2D eigenvalue weighted by atomic mass is 10.1. The van der Waals surface area contributed by atoms with E-state index in [1.54, 1.807) is 18.2 Å². The van der Waals surface area contributed by atoms with E-state index in [1.807, 2.05) is 30.3 Å². The number of benzene rings is 2. The van der Waals surface area contributed by atoms with Gasteiger partial charge in [0.2, 0.25) is 9.84 Å². The zero-order valence-corrected chi connectivity index (χ0v) is 16.3. The maximum atomic E-state index is 13.2. The van der Waals surface area contributed by atoms with Gasteiger partial charge in [-0.05, 0) is 30.3 Å². The van der Waals surface area contributed by atoms with Gasteiger partial charge in [-0.1, -0.05) is 30.0 Å². The molecule has 0 bridgehead atoms. The highest BCUT2D eigenvalue weighted by molar-refractivity contribution is 7.92. The lowest BCUT2D eigenvalue weighted by molar-refractivity contribution is 0.0784. The van der Waals surface area contributed by atoms with E-state index >= 15 is 0 Å². The van der Waals surface area contributed by atoms with Gasteiger partial charge < -0.3 is 20.8 Å². The first-order valence-electron chi connectivity index (χ1n) is 9.05. The Hall–Kier alpha value is -3.12. The first-order chi connectivity index (χ1) is 14.0. The van der Waals surface area contributed by atoms with Crippen molar-refractivity contribution in [3.8, 4) is 11.8 Å². The van der Waals surface area contributed by atoms with Crippen LogP contribution in [0.25, 0.3) is 10.9 Å². The van der Waals surface area contributed by atoms with Crippen LogP contribution < -0.4 is 11.1 Å². The number of carbonyl (C=O) groups is 1.